The standard InChI is InChI=1S/C19H22FN/c1-3-21-19-16(10-14-6-4-5-7-18(14)19)11-15-12-17(20)9-8-13(15)2/h4-9,12,16,19,21H,3,10-11H2,1-2H3. The molecule has 0 heterocycles. The molecular weight excluding hydrogens is 261 g/mol. The van der Waals surface area contributed by atoms with E-state index >= 15 is 0 Å². The van der Waals surface area contributed by atoms with Crippen molar-refractivity contribution in [2.75, 3.05) is 6.54 Å². The summed E-state index contributed by atoms with van der Waals surface area (Å²) in [6.07, 6.45) is 2.00. The SMILES string of the molecule is CCNC1c2ccccc2CC1Cc1cc(F)ccc1C. The quantitative estimate of drug-likeness (QED) is 0.886. The molecule has 2 atom stereocenters. The van der Waals surface area contributed by atoms with Crippen LogP contribution in [0.5, 0.6) is 0 Å². The van der Waals surface area contributed by atoms with E-state index in [2.05, 4.69) is 43.4 Å². The zero-order chi connectivity index (χ0) is 14.8. The van der Waals surface area contributed by atoms with E-state index in [1.165, 1.54) is 16.7 Å². The third-order valence-electron chi connectivity index (χ3n) is 4.56. The third-order valence-corrected chi connectivity index (χ3v) is 4.56. The summed E-state index contributed by atoms with van der Waals surface area (Å²) in [4.78, 5) is 0. The molecule has 1 nitrogen and oxygen atoms in total. The predicted molar refractivity (Wildman–Crippen MR) is 84.9 cm³/mol. The Morgan fingerprint density at radius 2 is 2.00 bits per heavy atom. The fourth-order valence-corrected chi connectivity index (χ4v) is 3.51. The number of fused-ring (bicyclic) bond motifs is 1. The molecule has 0 spiro atoms. The maximum atomic E-state index is 13.5. The van der Waals surface area contributed by atoms with E-state index in [0.29, 0.717) is 12.0 Å². The molecule has 1 N–H and O–H groups in total. The largest absolute Gasteiger partial charge is 0.310 e. The molecule has 1 aliphatic rings. The second kappa shape index (κ2) is 5.98. The van der Waals surface area contributed by atoms with E-state index in [1.807, 2.05) is 6.07 Å². The molecule has 0 bridgehead atoms. The normalized spacial score (nSPS) is 20.5. The molecule has 0 aromatic heterocycles. The first kappa shape index (κ1) is 14.3. The molecule has 2 aromatic rings. The fourth-order valence-electron chi connectivity index (χ4n) is 3.51. The lowest BCUT2D eigenvalue weighted by atomic mass is 9.90. The number of aryl methyl sites for hydroxylation is 1. The van der Waals surface area contributed by atoms with Gasteiger partial charge in [0.25, 0.3) is 0 Å². The lowest BCUT2D eigenvalue weighted by Gasteiger charge is -2.22. The predicted octanol–water partition coefficient (Wildman–Crippen LogP) is 4.20. The Hall–Kier alpha value is -1.67. The van der Waals surface area contributed by atoms with Crippen LogP contribution in [-0.2, 0) is 12.8 Å². The van der Waals surface area contributed by atoms with Crippen LogP contribution < -0.4 is 5.32 Å². The van der Waals surface area contributed by atoms with Crippen molar-refractivity contribution < 1.29 is 4.39 Å². The van der Waals surface area contributed by atoms with Crippen molar-refractivity contribution in [3.05, 3.63) is 70.5 Å². The van der Waals surface area contributed by atoms with Crippen LogP contribution in [0, 0.1) is 18.7 Å². The highest BCUT2D eigenvalue weighted by Gasteiger charge is 2.31. The van der Waals surface area contributed by atoms with Crippen LogP contribution in [0.4, 0.5) is 4.39 Å². The monoisotopic (exact) mass is 283 g/mol. The summed E-state index contributed by atoms with van der Waals surface area (Å²) < 4.78 is 13.5. The molecule has 110 valence electrons. The van der Waals surface area contributed by atoms with Crippen LogP contribution in [0.25, 0.3) is 0 Å². The van der Waals surface area contributed by atoms with Gasteiger partial charge in [-0.3, -0.25) is 0 Å². The summed E-state index contributed by atoms with van der Waals surface area (Å²) in [7, 11) is 0. The van der Waals surface area contributed by atoms with E-state index in [-0.39, 0.29) is 5.82 Å². The van der Waals surface area contributed by atoms with Gasteiger partial charge in [-0.25, -0.2) is 4.39 Å². The Kier molecular flexibility index (Phi) is 4.07. The number of hydrogen-bond acceptors (Lipinski definition) is 1. The van der Waals surface area contributed by atoms with Gasteiger partial charge in [-0.15, -0.1) is 0 Å². The minimum Gasteiger partial charge on any atom is -0.310 e. The topological polar surface area (TPSA) is 12.0 Å². The van der Waals surface area contributed by atoms with E-state index in [9.17, 15) is 4.39 Å². The Labute approximate surface area is 126 Å². The lowest BCUT2D eigenvalue weighted by molar-refractivity contribution is 0.393. The summed E-state index contributed by atoms with van der Waals surface area (Å²) in [6, 6.07) is 14.2. The zero-order valence-corrected chi connectivity index (χ0v) is 12.7. The van der Waals surface area contributed by atoms with Crippen molar-refractivity contribution in [3.63, 3.8) is 0 Å². The number of hydrogen-bond donors (Lipinski definition) is 1. The van der Waals surface area contributed by atoms with Gasteiger partial charge >= 0.3 is 0 Å². The van der Waals surface area contributed by atoms with Gasteiger partial charge < -0.3 is 5.32 Å². The van der Waals surface area contributed by atoms with Crippen LogP contribution in [0.1, 0.15) is 35.2 Å². The molecule has 1 aliphatic carbocycles. The second-order valence-electron chi connectivity index (χ2n) is 5.97. The summed E-state index contributed by atoms with van der Waals surface area (Å²) in [5.74, 6) is 0.369. The zero-order valence-electron chi connectivity index (χ0n) is 12.7. The summed E-state index contributed by atoms with van der Waals surface area (Å²) in [5.41, 5.74) is 5.17. The van der Waals surface area contributed by atoms with Gasteiger partial charge in [0.2, 0.25) is 0 Å². The molecule has 3 rings (SSSR count). The average Bonchev–Trinajstić information content (AvgIpc) is 2.81. The minimum absolute atomic E-state index is 0.133. The highest BCUT2D eigenvalue weighted by Crippen LogP contribution is 2.38. The van der Waals surface area contributed by atoms with Gasteiger partial charge in [0, 0.05) is 6.04 Å². The Balaban J connectivity index is 1.87. The van der Waals surface area contributed by atoms with Crippen molar-refractivity contribution in [2.24, 2.45) is 5.92 Å². The molecule has 0 amide bonds. The third kappa shape index (κ3) is 2.86. The highest BCUT2D eigenvalue weighted by atomic mass is 19.1. The van der Waals surface area contributed by atoms with Crippen molar-refractivity contribution in [1.29, 1.82) is 0 Å². The molecular formula is C19H22FN. The summed E-state index contributed by atoms with van der Waals surface area (Å²) in [6.45, 7) is 5.17. The van der Waals surface area contributed by atoms with E-state index in [1.54, 1.807) is 12.1 Å². The molecule has 2 unspecified atom stereocenters. The smallest absolute Gasteiger partial charge is 0.123 e. The highest BCUT2D eigenvalue weighted by molar-refractivity contribution is 5.37. The van der Waals surface area contributed by atoms with E-state index in [4.69, 9.17) is 0 Å². The van der Waals surface area contributed by atoms with Crippen LogP contribution in [0.3, 0.4) is 0 Å². The van der Waals surface area contributed by atoms with Gasteiger partial charge in [0.1, 0.15) is 5.82 Å². The Bertz CT molecular complexity index is 635. The maximum absolute atomic E-state index is 13.5. The molecule has 21 heavy (non-hydrogen) atoms. The fraction of sp³-hybridized carbons (Fsp3) is 0.368. The van der Waals surface area contributed by atoms with Gasteiger partial charge in [-0.1, -0.05) is 37.3 Å². The average molecular weight is 283 g/mol. The van der Waals surface area contributed by atoms with Crippen molar-refractivity contribution in [3.8, 4) is 0 Å². The molecule has 2 heteroatoms. The summed E-state index contributed by atoms with van der Waals surface area (Å²) >= 11 is 0. The van der Waals surface area contributed by atoms with Gasteiger partial charge in [-0.2, -0.15) is 0 Å². The Morgan fingerprint density at radius 3 is 2.81 bits per heavy atom. The van der Waals surface area contributed by atoms with Crippen molar-refractivity contribution in [1.82, 2.24) is 5.32 Å². The number of nitrogens with one attached hydrogen (secondary N) is 1. The number of rotatable bonds is 4. The lowest BCUT2D eigenvalue weighted by Crippen LogP contribution is -2.26. The number of benzene rings is 2. The molecule has 0 aliphatic heterocycles. The van der Waals surface area contributed by atoms with Crippen molar-refractivity contribution in [2.45, 2.75) is 32.7 Å². The number of halogens is 1. The van der Waals surface area contributed by atoms with Crippen LogP contribution >= 0.6 is 0 Å². The maximum Gasteiger partial charge on any atom is 0.123 e. The minimum atomic E-state index is -0.133. The molecule has 0 fully saturated rings. The first-order valence-corrected chi connectivity index (χ1v) is 7.75. The first-order valence-electron chi connectivity index (χ1n) is 7.75. The van der Waals surface area contributed by atoms with Gasteiger partial charge in [0.05, 0.1) is 0 Å². The molecule has 0 saturated carbocycles. The van der Waals surface area contributed by atoms with Crippen LogP contribution in [0.15, 0.2) is 42.5 Å². The molecule has 0 radical (unpaired) electrons. The van der Waals surface area contributed by atoms with E-state index in [0.717, 1.165) is 24.9 Å². The second-order valence-corrected chi connectivity index (χ2v) is 5.97. The van der Waals surface area contributed by atoms with Crippen LogP contribution in [0.2, 0.25) is 0 Å². The molecule has 2 aromatic carbocycles. The van der Waals surface area contributed by atoms with Crippen molar-refractivity contribution >= 4 is 0 Å². The Morgan fingerprint density at radius 1 is 1.19 bits per heavy atom. The van der Waals surface area contributed by atoms with Gasteiger partial charge in [-0.05, 0) is 66.6 Å². The summed E-state index contributed by atoms with van der Waals surface area (Å²) in [5, 5.41) is 3.61. The van der Waals surface area contributed by atoms with Crippen LogP contribution in [-0.4, -0.2) is 6.54 Å². The molecule has 0 saturated heterocycles. The van der Waals surface area contributed by atoms with E-state index < -0.39 is 0 Å². The van der Waals surface area contributed by atoms with Gasteiger partial charge in [0.15, 0.2) is 0 Å². The first-order chi connectivity index (χ1) is 10.2.